The first kappa shape index (κ1) is 8.64. The average molecular weight is 168 g/mol. The van der Waals surface area contributed by atoms with Gasteiger partial charge in [-0.05, 0) is 6.07 Å². The molecule has 0 N–H and O–H groups in total. The largest absolute Gasteiger partial charge is 0.475 e. The van der Waals surface area contributed by atoms with Gasteiger partial charge in [0.25, 0.3) is 0 Å². The van der Waals surface area contributed by atoms with Gasteiger partial charge in [0.15, 0.2) is 6.29 Å². The second-order valence-corrected chi connectivity index (χ2v) is 2.09. The van der Waals surface area contributed by atoms with E-state index in [4.69, 9.17) is 4.74 Å². The minimum atomic E-state index is -0.545. The highest BCUT2D eigenvalue weighted by atomic mass is 18.2. The lowest BCUT2D eigenvalue weighted by molar-refractivity contribution is 0.112. The zero-order chi connectivity index (χ0) is 8.81. The maximum atomic E-state index is 11.6. The molecule has 1 aromatic rings. The highest BCUT2D eigenvalue weighted by Crippen LogP contribution is 2.05. The van der Waals surface area contributed by atoms with E-state index in [1.54, 1.807) is 6.07 Å². The van der Waals surface area contributed by atoms with E-state index in [9.17, 15) is 9.18 Å². The van der Waals surface area contributed by atoms with Crippen molar-refractivity contribution in [3.8, 4) is 5.88 Å². The number of aldehydes is 1. The molecule has 0 spiro atoms. The zero-order valence-electron chi connectivity index (χ0n) is 6.37. The highest BCUT2D eigenvalue weighted by molar-refractivity contribution is 5.73. The molecule has 0 atom stereocenters. The number of rotatable bonds is 4. The van der Waals surface area contributed by atoms with Crippen LogP contribution in [0.15, 0.2) is 18.3 Å². The van der Waals surface area contributed by atoms with E-state index in [-0.39, 0.29) is 6.61 Å². The standard InChI is InChI=1S/C8H8FNO2/c9-3-4-12-8-2-1-7(6-11)5-10-8/h1-2,5-6H,3-4H2/i9-1. The third-order valence-corrected chi connectivity index (χ3v) is 1.22. The van der Waals surface area contributed by atoms with Crippen LogP contribution in [0.25, 0.3) is 0 Å². The Morgan fingerprint density at radius 2 is 2.42 bits per heavy atom. The van der Waals surface area contributed by atoms with Crippen molar-refractivity contribution in [3.05, 3.63) is 23.9 Å². The number of nitrogens with zero attached hydrogens (tertiary/aromatic N) is 1. The first-order valence-corrected chi connectivity index (χ1v) is 3.47. The topological polar surface area (TPSA) is 39.2 Å². The molecule has 0 bridgehead atoms. The molecular formula is C8H8FNO2. The molecule has 4 heteroatoms. The van der Waals surface area contributed by atoms with Crippen molar-refractivity contribution in [3.63, 3.8) is 0 Å². The molecule has 0 saturated carbocycles. The average Bonchev–Trinajstić information content (AvgIpc) is 2.15. The fourth-order valence-corrected chi connectivity index (χ4v) is 0.690. The van der Waals surface area contributed by atoms with Crippen LogP contribution in [0.1, 0.15) is 10.4 Å². The van der Waals surface area contributed by atoms with E-state index < -0.39 is 6.67 Å². The Labute approximate surface area is 69.2 Å². The molecule has 0 unspecified atom stereocenters. The first-order chi connectivity index (χ1) is 5.86. The van der Waals surface area contributed by atoms with Crippen LogP contribution in [0.5, 0.6) is 5.88 Å². The molecule has 1 aromatic heterocycles. The Hall–Kier alpha value is -1.45. The van der Waals surface area contributed by atoms with Gasteiger partial charge in [-0.25, -0.2) is 9.37 Å². The van der Waals surface area contributed by atoms with Gasteiger partial charge < -0.3 is 4.74 Å². The summed E-state index contributed by atoms with van der Waals surface area (Å²) in [5.41, 5.74) is 0.475. The molecule has 1 heterocycles. The minimum absolute atomic E-state index is 0.00651. The Morgan fingerprint density at radius 3 is 2.92 bits per heavy atom. The van der Waals surface area contributed by atoms with Gasteiger partial charge in [-0.2, -0.15) is 0 Å². The van der Waals surface area contributed by atoms with Gasteiger partial charge in [0.1, 0.15) is 13.3 Å². The molecule has 3 nitrogen and oxygen atoms in total. The fraction of sp³-hybridized carbons (Fsp3) is 0.250. The van der Waals surface area contributed by atoms with E-state index in [1.807, 2.05) is 0 Å². The summed E-state index contributed by atoms with van der Waals surface area (Å²) in [7, 11) is 0. The number of carbonyl (C=O) groups is 1. The number of alkyl halides is 1. The lowest BCUT2D eigenvalue weighted by Gasteiger charge is -2.00. The van der Waals surface area contributed by atoms with Gasteiger partial charge in [-0.15, -0.1) is 0 Å². The van der Waals surface area contributed by atoms with E-state index in [1.165, 1.54) is 12.3 Å². The molecule has 0 saturated heterocycles. The Morgan fingerprint density at radius 1 is 1.58 bits per heavy atom. The van der Waals surface area contributed by atoms with Gasteiger partial charge in [0, 0.05) is 17.8 Å². The summed E-state index contributed by atoms with van der Waals surface area (Å²) in [6.07, 6.45) is 2.06. The van der Waals surface area contributed by atoms with Crippen molar-refractivity contribution in [1.29, 1.82) is 0 Å². The van der Waals surface area contributed by atoms with Crippen LogP contribution in [0.4, 0.5) is 4.39 Å². The van der Waals surface area contributed by atoms with E-state index in [0.717, 1.165) is 0 Å². The molecule has 0 aliphatic carbocycles. The summed E-state index contributed by atoms with van der Waals surface area (Å²) in [4.78, 5) is 14.0. The first-order valence-electron chi connectivity index (χ1n) is 3.47. The SMILES string of the molecule is O=Cc1ccc(OCC[18F])nc1. The monoisotopic (exact) mass is 168 g/mol. The Kier molecular flexibility index (Phi) is 3.19. The molecule has 0 amide bonds. The summed E-state index contributed by atoms with van der Waals surface area (Å²) in [5, 5.41) is 0. The maximum absolute atomic E-state index is 11.6. The number of hydrogen-bond acceptors (Lipinski definition) is 3. The smallest absolute Gasteiger partial charge is 0.213 e. The number of halogens is 1. The van der Waals surface area contributed by atoms with Crippen molar-refractivity contribution < 1.29 is 13.9 Å². The summed E-state index contributed by atoms with van der Waals surface area (Å²) in [5.74, 6) is 0.332. The second-order valence-electron chi connectivity index (χ2n) is 2.09. The number of carbonyl (C=O) groups excluding carboxylic acids is 1. The summed E-state index contributed by atoms with van der Waals surface area (Å²) in [6, 6.07) is 3.09. The molecule has 1 rings (SSSR count). The van der Waals surface area contributed by atoms with Crippen molar-refractivity contribution in [2.45, 2.75) is 0 Å². The molecule has 0 fully saturated rings. The highest BCUT2D eigenvalue weighted by Gasteiger charge is 1.94. The van der Waals surface area contributed by atoms with Crippen molar-refractivity contribution in [2.24, 2.45) is 0 Å². The maximum Gasteiger partial charge on any atom is 0.213 e. The molecule has 0 aromatic carbocycles. The summed E-state index contributed by atoms with van der Waals surface area (Å²) < 4.78 is 16.5. The van der Waals surface area contributed by atoms with Crippen molar-refractivity contribution in [1.82, 2.24) is 4.98 Å². The molecule has 12 heavy (non-hydrogen) atoms. The molecular weight excluding hydrogens is 160 g/mol. The molecule has 0 aliphatic rings. The number of aromatic nitrogens is 1. The van der Waals surface area contributed by atoms with Crippen LogP contribution >= 0.6 is 0 Å². The van der Waals surface area contributed by atoms with Crippen LogP contribution < -0.4 is 4.74 Å². The van der Waals surface area contributed by atoms with Gasteiger partial charge >= 0.3 is 0 Å². The number of hydrogen-bond donors (Lipinski definition) is 0. The lowest BCUT2D eigenvalue weighted by atomic mass is 10.3. The van der Waals surface area contributed by atoms with Crippen LogP contribution in [0.3, 0.4) is 0 Å². The zero-order valence-corrected chi connectivity index (χ0v) is 6.37. The second kappa shape index (κ2) is 4.43. The Balaban J connectivity index is 2.58. The van der Waals surface area contributed by atoms with E-state index in [0.29, 0.717) is 17.7 Å². The Bertz CT molecular complexity index is 248. The van der Waals surface area contributed by atoms with Crippen LogP contribution in [-0.2, 0) is 0 Å². The van der Waals surface area contributed by atoms with Crippen LogP contribution in [0, 0.1) is 0 Å². The molecule has 64 valence electrons. The van der Waals surface area contributed by atoms with Crippen LogP contribution in [-0.4, -0.2) is 24.6 Å². The van der Waals surface area contributed by atoms with E-state index >= 15 is 0 Å². The third kappa shape index (κ3) is 2.30. The van der Waals surface area contributed by atoms with Gasteiger partial charge in [-0.3, -0.25) is 4.79 Å². The van der Waals surface area contributed by atoms with Gasteiger partial charge in [0.2, 0.25) is 5.88 Å². The van der Waals surface area contributed by atoms with Gasteiger partial charge in [0.05, 0.1) is 0 Å². The van der Waals surface area contributed by atoms with Crippen LogP contribution in [0.2, 0.25) is 0 Å². The molecule has 0 aliphatic heterocycles. The number of ether oxygens (including phenoxy) is 1. The van der Waals surface area contributed by atoms with Crippen molar-refractivity contribution in [2.75, 3.05) is 13.3 Å². The minimum Gasteiger partial charge on any atom is -0.475 e. The predicted octanol–water partition coefficient (Wildman–Crippen LogP) is 1.24. The summed E-state index contributed by atoms with van der Waals surface area (Å²) >= 11 is 0. The predicted molar refractivity (Wildman–Crippen MR) is 41.1 cm³/mol. The van der Waals surface area contributed by atoms with Gasteiger partial charge in [-0.1, -0.05) is 0 Å². The van der Waals surface area contributed by atoms with Crippen molar-refractivity contribution >= 4 is 6.29 Å². The quantitative estimate of drug-likeness (QED) is 0.635. The lowest BCUT2D eigenvalue weighted by Crippen LogP contribution is -2.00. The number of pyridine rings is 1. The molecule has 0 radical (unpaired) electrons. The fourth-order valence-electron chi connectivity index (χ4n) is 0.690. The third-order valence-electron chi connectivity index (χ3n) is 1.22. The van der Waals surface area contributed by atoms with E-state index in [2.05, 4.69) is 4.98 Å². The summed E-state index contributed by atoms with van der Waals surface area (Å²) in [6.45, 7) is -0.551. The normalized spacial score (nSPS) is 9.42.